The van der Waals surface area contributed by atoms with Crippen molar-refractivity contribution in [3.05, 3.63) is 35.9 Å². The summed E-state index contributed by atoms with van der Waals surface area (Å²) < 4.78 is 5.49. The van der Waals surface area contributed by atoms with Gasteiger partial charge < -0.3 is 15.0 Å². The lowest BCUT2D eigenvalue weighted by atomic mass is 9.96. The molecule has 0 bridgehead atoms. The minimum absolute atomic E-state index is 0. The lowest BCUT2D eigenvalue weighted by Gasteiger charge is -2.28. The fraction of sp³-hybridized carbons (Fsp3) is 0.696. The van der Waals surface area contributed by atoms with E-state index in [9.17, 15) is 0 Å². The molecule has 0 spiro atoms. The Bertz CT molecular complexity index is 592. The third-order valence-corrected chi connectivity index (χ3v) is 6.09. The van der Waals surface area contributed by atoms with Crippen LogP contribution in [0.4, 0.5) is 0 Å². The first-order chi connectivity index (χ1) is 13.8. The SMILES string of the molecule is CCNC(=NCC1CCCN1Cc1ccccc1)N(C)CCC1CCOCC1.I. The van der Waals surface area contributed by atoms with E-state index in [-0.39, 0.29) is 24.0 Å². The molecule has 1 atom stereocenters. The van der Waals surface area contributed by atoms with E-state index in [4.69, 9.17) is 9.73 Å². The van der Waals surface area contributed by atoms with E-state index in [0.717, 1.165) is 51.3 Å². The van der Waals surface area contributed by atoms with Gasteiger partial charge in [0.1, 0.15) is 0 Å². The van der Waals surface area contributed by atoms with Crippen LogP contribution >= 0.6 is 24.0 Å². The van der Waals surface area contributed by atoms with Gasteiger partial charge in [0, 0.05) is 45.9 Å². The van der Waals surface area contributed by atoms with E-state index in [1.165, 1.54) is 44.2 Å². The van der Waals surface area contributed by atoms with Crippen molar-refractivity contribution in [1.29, 1.82) is 0 Å². The molecule has 1 aromatic rings. The fourth-order valence-electron chi connectivity index (χ4n) is 4.31. The smallest absolute Gasteiger partial charge is 0.193 e. The Morgan fingerprint density at radius 3 is 2.69 bits per heavy atom. The zero-order valence-corrected chi connectivity index (χ0v) is 20.5. The van der Waals surface area contributed by atoms with E-state index in [1.54, 1.807) is 0 Å². The number of benzene rings is 1. The monoisotopic (exact) mass is 514 g/mol. The zero-order chi connectivity index (χ0) is 19.6. The van der Waals surface area contributed by atoms with Gasteiger partial charge in [0.05, 0.1) is 6.54 Å². The molecule has 2 fully saturated rings. The van der Waals surface area contributed by atoms with E-state index in [1.807, 2.05) is 0 Å². The second-order valence-corrected chi connectivity index (χ2v) is 8.21. The van der Waals surface area contributed by atoms with Gasteiger partial charge in [0.2, 0.25) is 0 Å². The Kier molecular flexibility index (Phi) is 11.3. The Labute approximate surface area is 194 Å². The summed E-state index contributed by atoms with van der Waals surface area (Å²) in [6, 6.07) is 11.4. The maximum atomic E-state index is 5.49. The van der Waals surface area contributed by atoms with Crippen molar-refractivity contribution < 1.29 is 4.74 Å². The number of nitrogens with one attached hydrogen (secondary N) is 1. The minimum atomic E-state index is 0. The largest absolute Gasteiger partial charge is 0.381 e. The summed E-state index contributed by atoms with van der Waals surface area (Å²) in [5.74, 6) is 1.86. The number of guanidine groups is 1. The van der Waals surface area contributed by atoms with Crippen molar-refractivity contribution in [2.75, 3.05) is 46.4 Å². The Balaban J connectivity index is 0.00000300. The van der Waals surface area contributed by atoms with Crippen LogP contribution in [0.5, 0.6) is 0 Å². The third-order valence-electron chi connectivity index (χ3n) is 6.09. The fourth-order valence-corrected chi connectivity index (χ4v) is 4.31. The molecule has 1 N–H and O–H groups in total. The third kappa shape index (κ3) is 8.06. The van der Waals surface area contributed by atoms with Crippen LogP contribution < -0.4 is 5.32 Å². The first-order valence-corrected chi connectivity index (χ1v) is 11.1. The van der Waals surface area contributed by atoms with Gasteiger partial charge in [-0.2, -0.15) is 0 Å². The van der Waals surface area contributed by atoms with Crippen LogP contribution in [0, 0.1) is 5.92 Å². The number of ether oxygens (including phenoxy) is 1. The maximum Gasteiger partial charge on any atom is 0.193 e. The number of hydrogen-bond acceptors (Lipinski definition) is 3. The summed E-state index contributed by atoms with van der Waals surface area (Å²) in [5.41, 5.74) is 1.40. The molecular weight excluding hydrogens is 475 g/mol. The summed E-state index contributed by atoms with van der Waals surface area (Å²) >= 11 is 0. The highest BCUT2D eigenvalue weighted by Crippen LogP contribution is 2.21. The first-order valence-electron chi connectivity index (χ1n) is 11.1. The highest BCUT2D eigenvalue weighted by molar-refractivity contribution is 14.0. The molecule has 1 aromatic carbocycles. The highest BCUT2D eigenvalue weighted by atomic mass is 127. The molecule has 0 amide bonds. The Hall–Kier alpha value is -0.860. The minimum Gasteiger partial charge on any atom is -0.381 e. The number of nitrogens with zero attached hydrogens (tertiary/aromatic N) is 3. The van der Waals surface area contributed by atoms with Crippen LogP contribution in [0.3, 0.4) is 0 Å². The summed E-state index contributed by atoms with van der Waals surface area (Å²) in [5, 5.41) is 3.49. The molecule has 6 heteroatoms. The Morgan fingerprint density at radius 2 is 1.97 bits per heavy atom. The standard InChI is InChI=1S/C23H38N4O.HI/c1-3-24-23(26(2)15-11-20-12-16-28-17-13-20)25-18-22-10-7-14-27(22)19-21-8-5-4-6-9-21;/h4-6,8-9,20,22H,3,7,10-19H2,1-2H3,(H,24,25);1H. The molecule has 5 nitrogen and oxygen atoms in total. The molecule has 1 unspecified atom stereocenters. The van der Waals surface area contributed by atoms with Crippen LogP contribution in [0.2, 0.25) is 0 Å². The van der Waals surface area contributed by atoms with Crippen LogP contribution in [-0.4, -0.2) is 68.2 Å². The van der Waals surface area contributed by atoms with Crippen molar-refractivity contribution in [1.82, 2.24) is 15.1 Å². The lowest BCUT2D eigenvalue weighted by Crippen LogP contribution is -2.41. The summed E-state index contributed by atoms with van der Waals surface area (Å²) in [4.78, 5) is 9.93. The maximum absolute atomic E-state index is 5.49. The molecule has 2 saturated heterocycles. The van der Waals surface area contributed by atoms with Crippen LogP contribution in [0.15, 0.2) is 35.3 Å². The number of halogens is 1. The molecule has 0 aliphatic carbocycles. The number of aliphatic imine (C=N–C) groups is 1. The molecule has 164 valence electrons. The van der Waals surface area contributed by atoms with Crippen LogP contribution in [0.1, 0.15) is 44.6 Å². The average Bonchev–Trinajstić information content (AvgIpc) is 3.17. The molecule has 2 aliphatic heterocycles. The van der Waals surface area contributed by atoms with Crippen LogP contribution in [-0.2, 0) is 11.3 Å². The summed E-state index contributed by atoms with van der Waals surface area (Å²) in [6.45, 7) is 9.11. The second-order valence-electron chi connectivity index (χ2n) is 8.21. The molecule has 0 aromatic heterocycles. The van der Waals surface area contributed by atoms with Gasteiger partial charge >= 0.3 is 0 Å². The van der Waals surface area contributed by atoms with E-state index in [2.05, 4.69) is 59.4 Å². The predicted molar refractivity (Wildman–Crippen MR) is 132 cm³/mol. The van der Waals surface area contributed by atoms with E-state index >= 15 is 0 Å². The van der Waals surface area contributed by atoms with Crippen LogP contribution in [0.25, 0.3) is 0 Å². The summed E-state index contributed by atoms with van der Waals surface area (Å²) in [7, 11) is 2.18. The van der Waals surface area contributed by atoms with Gasteiger partial charge in [-0.25, -0.2) is 0 Å². The number of hydrogen-bond donors (Lipinski definition) is 1. The molecule has 2 heterocycles. The van der Waals surface area contributed by atoms with Gasteiger partial charge in [-0.1, -0.05) is 30.3 Å². The van der Waals surface area contributed by atoms with Gasteiger partial charge in [-0.15, -0.1) is 24.0 Å². The lowest BCUT2D eigenvalue weighted by molar-refractivity contribution is 0.0625. The number of likely N-dealkylation sites (tertiary alicyclic amines) is 1. The Morgan fingerprint density at radius 1 is 1.21 bits per heavy atom. The molecule has 2 aliphatic rings. The molecule has 0 saturated carbocycles. The average molecular weight is 514 g/mol. The van der Waals surface area contributed by atoms with Gasteiger partial charge in [-0.05, 0) is 57.1 Å². The quantitative estimate of drug-likeness (QED) is 0.324. The topological polar surface area (TPSA) is 40.1 Å². The van der Waals surface area contributed by atoms with Crippen molar-refractivity contribution in [2.24, 2.45) is 10.9 Å². The van der Waals surface area contributed by atoms with Crippen molar-refractivity contribution in [3.63, 3.8) is 0 Å². The summed E-state index contributed by atoms with van der Waals surface area (Å²) in [6.07, 6.45) is 6.18. The van der Waals surface area contributed by atoms with Crippen molar-refractivity contribution in [3.8, 4) is 0 Å². The predicted octanol–water partition coefficient (Wildman–Crippen LogP) is 3.98. The molecular formula is C23H39IN4O. The van der Waals surface area contributed by atoms with Crippen molar-refractivity contribution in [2.45, 2.75) is 51.6 Å². The van der Waals surface area contributed by atoms with Gasteiger partial charge in [0.25, 0.3) is 0 Å². The first kappa shape index (κ1) is 24.4. The highest BCUT2D eigenvalue weighted by Gasteiger charge is 2.24. The zero-order valence-electron chi connectivity index (χ0n) is 18.2. The number of rotatable bonds is 8. The molecule has 29 heavy (non-hydrogen) atoms. The van der Waals surface area contributed by atoms with Gasteiger partial charge in [-0.3, -0.25) is 9.89 Å². The van der Waals surface area contributed by atoms with Crippen molar-refractivity contribution >= 4 is 29.9 Å². The van der Waals surface area contributed by atoms with Gasteiger partial charge in [0.15, 0.2) is 5.96 Å². The normalized spacial score (nSPS) is 21.0. The molecule has 0 radical (unpaired) electrons. The van der Waals surface area contributed by atoms with E-state index < -0.39 is 0 Å². The van der Waals surface area contributed by atoms with E-state index in [0.29, 0.717) is 6.04 Å². The molecule has 3 rings (SSSR count). The second kappa shape index (κ2) is 13.4.